The molecule has 0 aliphatic rings. The minimum atomic E-state index is 1.16. The molecule has 11 rings (SSSR count). The molecule has 2 nitrogen and oxygen atoms in total. The van der Waals surface area contributed by atoms with E-state index in [1.807, 2.05) is 22.7 Å². The molecule has 0 atom stereocenters. The van der Waals surface area contributed by atoms with Gasteiger partial charge in [-0.15, -0.1) is 22.7 Å². The molecule has 266 valence electrons. The predicted octanol–water partition coefficient (Wildman–Crippen LogP) is 15.3. The third-order valence-corrected chi connectivity index (χ3v) is 13.2. The van der Waals surface area contributed by atoms with Gasteiger partial charge in [-0.2, -0.15) is 0 Å². The Morgan fingerprint density at radius 3 is 1.12 bits per heavy atom. The number of aromatic nitrogens is 2. The molecule has 56 heavy (non-hydrogen) atoms. The summed E-state index contributed by atoms with van der Waals surface area (Å²) in [6.07, 6.45) is 0. The maximum absolute atomic E-state index is 2.45. The minimum absolute atomic E-state index is 1.16. The summed E-state index contributed by atoms with van der Waals surface area (Å²) in [7, 11) is 0. The number of benzene rings is 7. The Morgan fingerprint density at radius 1 is 0.321 bits per heavy atom. The van der Waals surface area contributed by atoms with Crippen LogP contribution in [0, 0.1) is 13.8 Å². The van der Waals surface area contributed by atoms with Crippen LogP contribution in [0.15, 0.2) is 182 Å². The van der Waals surface area contributed by atoms with Gasteiger partial charge in [0.05, 0.1) is 22.1 Å². The van der Waals surface area contributed by atoms with Crippen LogP contribution in [0.4, 0.5) is 0 Å². The normalized spacial score (nSPS) is 11.8. The van der Waals surface area contributed by atoms with Crippen LogP contribution in [0.25, 0.3) is 98.1 Å². The van der Waals surface area contributed by atoms with Crippen LogP contribution >= 0.6 is 22.7 Å². The molecule has 0 amide bonds. The fourth-order valence-corrected chi connectivity index (χ4v) is 10.3. The Labute approximate surface area is 333 Å². The number of rotatable bonds is 6. The molecule has 4 heterocycles. The minimum Gasteiger partial charge on any atom is -0.309 e. The van der Waals surface area contributed by atoms with Crippen LogP contribution in [-0.4, -0.2) is 9.13 Å². The van der Waals surface area contributed by atoms with E-state index in [-0.39, 0.29) is 0 Å². The lowest BCUT2D eigenvalue weighted by atomic mass is 9.97. The summed E-state index contributed by atoms with van der Waals surface area (Å²) in [5.41, 5.74) is 14.5. The van der Waals surface area contributed by atoms with Gasteiger partial charge in [0.15, 0.2) is 0 Å². The van der Waals surface area contributed by atoms with E-state index in [0.717, 1.165) is 11.4 Å². The number of aryl methyl sites for hydroxylation is 2. The van der Waals surface area contributed by atoms with Gasteiger partial charge in [-0.3, -0.25) is 0 Å². The van der Waals surface area contributed by atoms with E-state index < -0.39 is 0 Å². The fourth-order valence-electron chi connectivity index (χ4n) is 8.57. The molecule has 0 radical (unpaired) electrons. The van der Waals surface area contributed by atoms with Gasteiger partial charge in [0.1, 0.15) is 0 Å². The van der Waals surface area contributed by atoms with Gasteiger partial charge in [0.25, 0.3) is 0 Å². The Bertz CT molecular complexity index is 3040. The van der Waals surface area contributed by atoms with E-state index in [4.69, 9.17) is 0 Å². The van der Waals surface area contributed by atoms with Crippen LogP contribution < -0.4 is 0 Å². The molecule has 4 aromatic heterocycles. The summed E-state index contributed by atoms with van der Waals surface area (Å²) >= 11 is 3.70. The van der Waals surface area contributed by atoms with Crippen molar-refractivity contribution >= 4 is 66.3 Å². The van der Waals surface area contributed by atoms with Crippen molar-refractivity contribution in [1.82, 2.24) is 9.13 Å². The van der Waals surface area contributed by atoms with E-state index in [9.17, 15) is 0 Å². The summed E-state index contributed by atoms with van der Waals surface area (Å²) < 4.78 is 4.89. The SMILES string of the molecule is Cc1ccc(-c2cccc(-c3ccc4c(c3)c3c5c6cc(-c7cccc(-c8ccc(C)s8)c7)ccc6n(-c6ccccc6)c5ccc3n4-c3ccccc3)c2)s1. The van der Waals surface area contributed by atoms with Crippen LogP contribution in [0.1, 0.15) is 9.75 Å². The summed E-state index contributed by atoms with van der Waals surface area (Å²) in [6.45, 7) is 4.35. The zero-order valence-electron chi connectivity index (χ0n) is 31.0. The number of nitrogens with zero attached hydrogens (tertiary/aromatic N) is 2. The summed E-state index contributed by atoms with van der Waals surface area (Å²) in [4.78, 5) is 5.25. The standard InChI is InChI=1S/C52H36N2S2/c1-33-19-27-49(55-33)39-13-9-11-35(29-39)37-21-23-45-43(31-37)51-47(53(45)41-15-5-3-6-16-41)25-26-48-52(51)44-32-38(22-24-46(44)54(48)42-17-7-4-8-18-42)36-12-10-14-40(30-36)50-28-20-34(2)56-50/h3-32H,1-2H3. The summed E-state index contributed by atoms with van der Waals surface area (Å²) in [5.74, 6) is 0. The average Bonchev–Trinajstić information content (AvgIpc) is 4.04. The number of fused-ring (bicyclic) bond motifs is 7. The van der Waals surface area contributed by atoms with Crippen molar-refractivity contribution in [2.24, 2.45) is 0 Å². The second kappa shape index (κ2) is 13.1. The van der Waals surface area contributed by atoms with Gasteiger partial charge in [0, 0.05) is 52.4 Å². The van der Waals surface area contributed by atoms with Crippen molar-refractivity contribution in [3.63, 3.8) is 0 Å². The highest BCUT2D eigenvalue weighted by atomic mass is 32.1. The second-order valence-electron chi connectivity index (χ2n) is 14.6. The van der Waals surface area contributed by atoms with Crippen LogP contribution in [0.2, 0.25) is 0 Å². The van der Waals surface area contributed by atoms with Crippen LogP contribution in [0.5, 0.6) is 0 Å². The average molecular weight is 753 g/mol. The topological polar surface area (TPSA) is 9.86 Å². The molecule has 11 aromatic rings. The number of thiophene rings is 2. The van der Waals surface area contributed by atoms with Gasteiger partial charge >= 0.3 is 0 Å². The fraction of sp³-hybridized carbons (Fsp3) is 0.0385. The molecule has 0 fully saturated rings. The van der Waals surface area contributed by atoms with E-state index in [1.54, 1.807) is 0 Å². The molecule has 0 N–H and O–H groups in total. The lowest BCUT2D eigenvalue weighted by molar-refractivity contribution is 1.17. The van der Waals surface area contributed by atoms with Crippen LogP contribution in [-0.2, 0) is 0 Å². The molecule has 7 aromatic carbocycles. The second-order valence-corrected chi connectivity index (χ2v) is 17.2. The van der Waals surface area contributed by atoms with Crippen molar-refractivity contribution in [3.05, 3.63) is 192 Å². The largest absolute Gasteiger partial charge is 0.309 e. The van der Waals surface area contributed by atoms with Crippen molar-refractivity contribution < 1.29 is 0 Å². The molecule has 0 bridgehead atoms. The number of para-hydroxylation sites is 2. The van der Waals surface area contributed by atoms with Gasteiger partial charge in [-0.1, -0.05) is 84.9 Å². The highest BCUT2D eigenvalue weighted by Crippen LogP contribution is 2.45. The smallest absolute Gasteiger partial charge is 0.0548 e. The maximum Gasteiger partial charge on any atom is 0.0548 e. The molecule has 0 aliphatic carbocycles. The number of hydrogen-bond donors (Lipinski definition) is 0. The van der Waals surface area contributed by atoms with Gasteiger partial charge in [0.2, 0.25) is 0 Å². The van der Waals surface area contributed by atoms with E-state index in [2.05, 4.69) is 205 Å². The van der Waals surface area contributed by atoms with Crippen molar-refractivity contribution in [1.29, 1.82) is 0 Å². The van der Waals surface area contributed by atoms with Gasteiger partial charge in [-0.05, 0) is 144 Å². The molecule has 0 saturated heterocycles. The van der Waals surface area contributed by atoms with Crippen LogP contribution in [0.3, 0.4) is 0 Å². The molecule has 0 unspecified atom stereocenters. The zero-order chi connectivity index (χ0) is 37.3. The maximum atomic E-state index is 2.45. The van der Waals surface area contributed by atoms with Gasteiger partial charge in [-0.25, -0.2) is 0 Å². The van der Waals surface area contributed by atoms with E-state index >= 15 is 0 Å². The Morgan fingerprint density at radius 2 is 0.714 bits per heavy atom. The molecule has 0 spiro atoms. The molecule has 0 aliphatic heterocycles. The molecule has 4 heteroatoms. The first kappa shape index (κ1) is 32.9. The highest BCUT2D eigenvalue weighted by Gasteiger charge is 2.22. The summed E-state index contributed by atoms with van der Waals surface area (Å²) in [5, 5.41) is 5.04. The zero-order valence-corrected chi connectivity index (χ0v) is 32.7. The third kappa shape index (κ3) is 5.36. The highest BCUT2D eigenvalue weighted by molar-refractivity contribution is 7.15. The molecular formula is C52H36N2S2. The Hall–Kier alpha value is -6.46. The monoisotopic (exact) mass is 752 g/mol. The summed E-state index contributed by atoms with van der Waals surface area (Å²) in [6, 6.07) is 67.3. The van der Waals surface area contributed by atoms with Crippen molar-refractivity contribution in [2.75, 3.05) is 0 Å². The first-order valence-corrected chi connectivity index (χ1v) is 20.7. The predicted molar refractivity (Wildman–Crippen MR) is 242 cm³/mol. The van der Waals surface area contributed by atoms with Crippen molar-refractivity contribution in [3.8, 4) is 54.5 Å². The first-order chi connectivity index (χ1) is 27.6. The Kier molecular flexibility index (Phi) is 7.70. The van der Waals surface area contributed by atoms with E-state index in [0.29, 0.717) is 0 Å². The first-order valence-electron chi connectivity index (χ1n) is 19.1. The lowest BCUT2D eigenvalue weighted by Crippen LogP contribution is -1.94. The van der Waals surface area contributed by atoms with Gasteiger partial charge < -0.3 is 9.13 Å². The number of hydrogen-bond acceptors (Lipinski definition) is 2. The third-order valence-electron chi connectivity index (χ3n) is 11.1. The molecular weight excluding hydrogens is 717 g/mol. The van der Waals surface area contributed by atoms with E-state index in [1.165, 1.54) is 96.5 Å². The van der Waals surface area contributed by atoms with Crippen molar-refractivity contribution in [2.45, 2.75) is 13.8 Å². The lowest BCUT2D eigenvalue weighted by Gasteiger charge is -2.09. The quantitative estimate of drug-likeness (QED) is 0.160. The molecule has 0 saturated carbocycles. The Balaban J connectivity index is 1.22.